The number of thioether (sulfide) groups is 1. The highest BCUT2D eigenvalue weighted by molar-refractivity contribution is 8.13. The average Bonchev–Trinajstić information content (AvgIpc) is 2.94. The Bertz CT molecular complexity index is 923. The van der Waals surface area contributed by atoms with Gasteiger partial charge in [0.1, 0.15) is 23.5 Å². The average molecular weight is 465 g/mol. The fourth-order valence-electron chi connectivity index (χ4n) is 3.09. The number of hydrogen-bond acceptors (Lipinski definition) is 10. The maximum Gasteiger partial charge on any atom is 0.476 e. The minimum Gasteiger partial charge on any atom is -0.383 e. The molecule has 3 rings (SSSR count). The largest absolute Gasteiger partial charge is 0.476 e. The summed E-state index contributed by atoms with van der Waals surface area (Å²) < 4.78 is 50.9. The number of halogens is 1. The van der Waals surface area contributed by atoms with E-state index in [1.807, 2.05) is 0 Å². The third-order valence-corrected chi connectivity index (χ3v) is 7.54. The zero-order valence-electron chi connectivity index (χ0n) is 17.1. The van der Waals surface area contributed by atoms with E-state index in [2.05, 4.69) is 4.98 Å². The molecule has 2 fully saturated rings. The molecule has 0 amide bonds. The van der Waals surface area contributed by atoms with Crippen LogP contribution in [-0.2, 0) is 27.7 Å². The Labute approximate surface area is 177 Å². The molecule has 0 saturated carbocycles. The predicted molar refractivity (Wildman–Crippen MR) is 107 cm³/mol. The summed E-state index contributed by atoms with van der Waals surface area (Å²) >= 11 is 0.823. The number of nitrogen functional groups attached to an aromatic ring is 1. The highest BCUT2D eigenvalue weighted by atomic mass is 32.2. The first-order chi connectivity index (χ1) is 13.9. The molecule has 168 valence electrons. The molecule has 2 saturated heterocycles. The summed E-state index contributed by atoms with van der Waals surface area (Å²) in [5.41, 5.74) is 2.82. The van der Waals surface area contributed by atoms with Crippen LogP contribution in [0.25, 0.3) is 0 Å². The van der Waals surface area contributed by atoms with Crippen LogP contribution in [-0.4, -0.2) is 45.1 Å². The first-order valence-electron chi connectivity index (χ1n) is 9.32. The summed E-state index contributed by atoms with van der Waals surface area (Å²) in [6.45, 7) is 6.69. The second kappa shape index (κ2) is 8.33. The summed E-state index contributed by atoms with van der Waals surface area (Å²) in [7, 11) is -4.14. The Morgan fingerprint density at radius 2 is 2.23 bits per heavy atom. The number of anilines is 1. The van der Waals surface area contributed by atoms with E-state index < -0.39 is 43.0 Å². The number of rotatable bonds is 5. The monoisotopic (exact) mass is 465 g/mol. The Balaban J connectivity index is 1.75. The molecular weight excluding hydrogens is 440 g/mol. The summed E-state index contributed by atoms with van der Waals surface area (Å²) in [5, 5.41) is -0.170. The van der Waals surface area contributed by atoms with Crippen LogP contribution >= 0.6 is 19.6 Å². The van der Waals surface area contributed by atoms with Crippen LogP contribution in [0.2, 0.25) is 0 Å². The summed E-state index contributed by atoms with van der Waals surface area (Å²) in [4.78, 5) is 27.7. The van der Waals surface area contributed by atoms with E-state index in [4.69, 9.17) is 24.0 Å². The van der Waals surface area contributed by atoms with Crippen molar-refractivity contribution in [1.29, 1.82) is 0 Å². The third kappa shape index (κ3) is 4.49. The normalized spacial score (nSPS) is 34.0. The van der Waals surface area contributed by atoms with E-state index in [1.165, 1.54) is 12.3 Å². The Hall–Kier alpha value is -1.30. The van der Waals surface area contributed by atoms with E-state index in [1.54, 1.807) is 27.7 Å². The number of carbonyl (C=O) groups is 1. The number of hydrogen-bond donors (Lipinski definition) is 1. The lowest BCUT2D eigenvalue weighted by atomic mass is 9.94. The van der Waals surface area contributed by atoms with E-state index in [0.29, 0.717) is 0 Å². The Morgan fingerprint density at radius 3 is 2.83 bits per heavy atom. The molecule has 30 heavy (non-hydrogen) atoms. The van der Waals surface area contributed by atoms with Crippen molar-refractivity contribution in [3.63, 3.8) is 0 Å². The van der Waals surface area contributed by atoms with Crippen LogP contribution in [0.1, 0.15) is 40.3 Å². The molecule has 2 aliphatic heterocycles. The van der Waals surface area contributed by atoms with E-state index >= 15 is 4.39 Å². The first kappa shape index (κ1) is 23.4. The number of aromatic nitrogens is 2. The fourth-order valence-corrected chi connectivity index (χ4v) is 5.51. The maximum atomic E-state index is 15.3. The molecule has 0 radical (unpaired) electrons. The van der Waals surface area contributed by atoms with Gasteiger partial charge in [-0.25, -0.2) is 13.8 Å². The minimum atomic E-state index is -4.14. The number of phosphoric ester groups is 1. The number of nitrogens with two attached hydrogens (primary N) is 1. The Kier molecular flexibility index (Phi) is 6.48. The summed E-state index contributed by atoms with van der Waals surface area (Å²) in [6, 6.07) is 1.34. The lowest BCUT2D eigenvalue weighted by Crippen LogP contribution is -2.49. The number of alkyl halides is 1. The molecule has 0 bridgehead atoms. The topological polar surface area (TPSA) is 132 Å². The van der Waals surface area contributed by atoms with Gasteiger partial charge in [0.15, 0.2) is 17.5 Å². The van der Waals surface area contributed by atoms with Gasteiger partial charge in [-0.3, -0.25) is 22.9 Å². The van der Waals surface area contributed by atoms with Gasteiger partial charge in [-0.15, -0.1) is 0 Å². The van der Waals surface area contributed by atoms with Gasteiger partial charge in [-0.2, -0.15) is 4.98 Å². The molecule has 5 atom stereocenters. The van der Waals surface area contributed by atoms with Crippen molar-refractivity contribution in [2.75, 3.05) is 18.3 Å². The van der Waals surface area contributed by atoms with Crippen LogP contribution in [0, 0.1) is 5.41 Å². The van der Waals surface area contributed by atoms with Crippen molar-refractivity contribution in [1.82, 2.24) is 9.55 Å². The SMILES string of the molecule is CC[C@]12COP(=O)(OCSC(=O)C(C)(C)C)OC1[C@H](F)[C@H](n1ccc(N)nc1=O)O2. The van der Waals surface area contributed by atoms with Crippen molar-refractivity contribution in [2.24, 2.45) is 5.41 Å². The van der Waals surface area contributed by atoms with Gasteiger partial charge in [0.05, 0.1) is 6.61 Å². The molecule has 2 unspecified atom stereocenters. The van der Waals surface area contributed by atoms with Crippen LogP contribution in [0.15, 0.2) is 17.1 Å². The second-order valence-electron chi connectivity index (χ2n) is 8.09. The highest BCUT2D eigenvalue weighted by Gasteiger charge is 2.62. The number of nitrogens with zero attached hydrogens (tertiary/aromatic N) is 2. The van der Waals surface area contributed by atoms with Crippen LogP contribution in [0.3, 0.4) is 0 Å². The number of ether oxygens (including phenoxy) is 1. The molecule has 0 aromatic carbocycles. The highest BCUT2D eigenvalue weighted by Crippen LogP contribution is 2.61. The summed E-state index contributed by atoms with van der Waals surface area (Å²) in [5.74, 6) is -0.283. The minimum absolute atomic E-state index is 0.00735. The standard InChI is InChI=1S/C17H25FN3O7PS/c1-5-17-8-25-29(24,26-9-30-14(22)16(2,3)4)28-12(17)11(18)13(27-17)21-7-6-10(19)20-15(21)23/h6-7,11-13H,5,8-9H2,1-4H3,(H2,19,20,23)/t11-,12?,13+,17-,29?/m0/s1. The van der Waals surface area contributed by atoms with Crippen LogP contribution in [0.5, 0.6) is 0 Å². The molecule has 0 aliphatic carbocycles. The maximum absolute atomic E-state index is 15.3. The van der Waals surface area contributed by atoms with Crippen molar-refractivity contribution in [2.45, 2.75) is 58.2 Å². The zero-order chi connectivity index (χ0) is 22.3. The summed E-state index contributed by atoms with van der Waals surface area (Å²) in [6.07, 6.45) is -2.97. The molecule has 0 spiro atoms. The molecule has 3 heterocycles. The van der Waals surface area contributed by atoms with Gasteiger partial charge in [-0.1, -0.05) is 39.5 Å². The quantitative estimate of drug-likeness (QED) is 0.511. The van der Waals surface area contributed by atoms with Gasteiger partial charge in [0.25, 0.3) is 0 Å². The van der Waals surface area contributed by atoms with Crippen LogP contribution < -0.4 is 11.4 Å². The molecule has 1 aromatic heterocycles. The van der Waals surface area contributed by atoms with Crippen LogP contribution in [0.4, 0.5) is 10.2 Å². The second-order valence-corrected chi connectivity index (χ2v) is 10.6. The van der Waals surface area contributed by atoms with Gasteiger partial charge in [0, 0.05) is 11.6 Å². The van der Waals surface area contributed by atoms with Gasteiger partial charge in [0.2, 0.25) is 0 Å². The van der Waals surface area contributed by atoms with Crippen molar-refractivity contribution >= 4 is 30.5 Å². The van der Waals surface area contributed by atoms with Crippen molar-refractivity contribution < 1.29 is 32.1 Å². The van der Waals surface area contributed by atoms with Gasteiger partial charge < -0.3 is 10.5 Å². The molecule has 10 nitrogen and oxygen atoms in total. The van der Waals surface area contributed by atoms with Gasteiger partial charge in [-0.05, 0) is 12.5 Å². The third-order valence-electron chi connectivity index (χ3n) is 4.88. The molecule has 13 heteroatoms. The lowest BCUT2D eigenvalue weighted by Gasteiger charge is -2.39. The van der Waals surface area contributed by atoms with E-state index in [-0.39, 0.29) is 29.9 Å². The van der Waals surface area contributed by atoms with Crippen molar-refractivity contribution in [3.8, 4) is 0 Å². The Morgan fingerprint density at radius 1 is 1.53 bits per heavy atom. The van der Waals surface area contributed by atoms with E-state index in [9.17, 15) is 14.2 Å². The number of carbonyl (C=O) groups excluding carboxylic acids is 1. The fraction of sp³-hybridized carbons (Fsp3) is 0.706. The molecule has 1 aromatic rings. The number of fused-ring (bicyclic) bond motifs is 1. The lowest BCUT2D eigenvalue weighted by molar-refractivity contribution is -0.148. The molecular formula is C17H25FN3O7PS. The first-order valence-corrected chi connectivity index (χ1v) is 11.8. The molecule has 2 N–H and O–H groups in total. The smallest absolute Gasteiger partial charge is 0.383 e. The molecule has 2 aliphatic rings. The number of phosphoric acid groups is 1. The van der Waals surface area contributed by atoms with E-state index in [0.717, 1.165) is 16.3 Å². The zero-order valence-corrected chi connectivity index (χ0v) is 18.8. The van der Waals surface area contributed by atoms with Crippen molar-refractivity contribution in [3.05, 3.63) is 22.7 Å². The predicted octanol–water partition coefficient (Wildman–Crippen LogP) is 2.64. The van der Waals surface area contributed by atoms with Gasteiger partial charge >= 0.3 is 13.5 Å².